The summed E-state index contributed by atoms with van der Waals surface area (Å²) in [4.78, 5) is 28.8. The number of hydrogen-bond donors (Lipinski definition) is 1. The molecule has 0 aliphatic heterocycles. The summed E-state index contributed by atoms with van der Waals surface area (Å²) in [6, 6.07) is 25.2. The van der Waals surface area contributed by atoms with Crippen molar-refractivity contribution in [1.29, 1.82) is 0 Å². The summed E-state index contributed by atoms with van der Waals surface area (Å²) in [6.45, 7) is 2.00. The third kappa shape index (κ3) is 4.06. The second kappa shape index (κ2) is 8.58. The van der Waals surface area contributed by atoms with Gasteiger partial charge in [0, 0.05) is 16.5 Å². The van der Waals surface area contributed by atoms with Crippen molar-refractivity contribution < 1.29 is 4.79 Å². The van der Waals surface area contributed by atoms with E-state index < -0.39 is 0 Å². The van der Waals surface area contributed by atoms with Gasteiger partial charge in [-0.2, -0.15) is 0 Å². The molecule has 0 fully saturated rings. The van der Waals surface area contributed by atoms with Crippen molar-refractivity contribution >= 4 is 22.8 Å². The van der Waals surface area contributed by atoms with Crippen LogP contribution in [-0.2, 0) is 0 Å². The molecule has 0 saturated heterocycles. The standard InChI is InChI=1S/C27H21NO2/c1-19-16-17-23-22(18-19)25(21-13-6-3-7-14-21)26(27(30)28-23)24(29)15-9-8-12-20-10-4-2-5-11-20/h2-18H,1H3,(H,28,30)/b12-8+,15-9+. The molecule has 3 aromatic carbocycles. The molecule has 0 unspecified atom stereocenters. The highest BCUT2D eigenvalue weighted by Crippen LogP contribution is 2.30. The van der Waals surface area contributed by atoms with Crippen LogP contribution in [0.2, 0.25) is 0 Å². The van der Waals surface area contributed by atoms with Crippen LogP contribution in [0.5, 0.6) is 0 Å². The second-order valence-corrected chi connectivity index (χ2v) is 7.11. The zero-order valence-corrected chi connectivity index (χ0v) is 16.6. The van der Waals surface area contributed by atoms with Gasteiger partial charge in [-0.15, -0.1) is 0 Å². The van der Waals surface area contributed by atoms with E-state index in [0.717, 1.165) is 22.1 Å². The molecule has 4 aromatic rings. The molecule has 0 aliphatic rings. The molecule has 0 bridgehead atoms. The summed E-state index contributed by atoms with van der Waals surface area (Å²) in [5, 5.41) is 0.859. The van der Waals surface area contributed by atoms with Crippen molar-refractivity contribution in [3.8, 4) is 11.1 Å². The number of pyridine rings is 1. The second-order valence-electron chi connectivity index (χ2n) is 7.11. The lowest BCUT2D eigenvalue weighted by Crippen LogP contribution is -2.18. The number of aromatic amines is 1. The van der Waals surface area contributed by atoms with E-state index in [0.29, 0.717) is 11.1 Å². The highest BCUT2D eigenvalue weighted by atomic mass is 16.1. The van der Waals surface area contributed by atoms with Crippen molar-refractivity contribution in [1.82, 2.24) is 4.98 Å². The summed E-state index contributed by atoms with van der Waals surface area (Å²) in [7, 11) is 0. The number of aromatic nitrogens is 1. The number of nitrogens with one attached hydrogen (secondary N) is 1. The SMILES string of the molecule is Cc1ccc2[nH]c(=O)c(C(=O)/C=C/C=C/c3ccccc3)c(-c3ccccc3)c2c1. The molecule has 0 spiro atoms. The number of aryl methyl sites for hydroxylation is 1. The van der Waals surface area contributed by atoms with Crippen LogP contribution in [0, 0.1) is 6.92 Å². The Morgan fingerprint density at radius 3 is 2.30 bits per heavy atom. The van der Waals surface area contributed by atoms with Gasteiger partial charge in [0.2, 0.25) is 0 Å². The molecule has 1 aromatic heterocycles. The maximum Gasteiger partial charge on any atom is 0.260 e. The van der Waals surface area contributed by atoms with Crippen LogP contribution in [-0.4, -0.2) is 10.8 Å². The van der Waals surface area contributed by atoms with Crippen molar-refractivity contribution in [2.45, 2.75) is 6.92 Å². The third-order valence-electron chi connectivity index (χ3n) is 4.93. The minimum atomic E-state index is -0.383. The van der Waals surface area contributed by atoms with Gasteiger partial charge in [-0.3, -0.25) is 9.59 Å². The van der Waals surface area contributed by atoms with E-state index in [4.69, 9.17) is 0 Å². The van der Waals surface area contributed by atoms with Gasteiger partial charge in [0.15, 0.2) is 5.78 Å². The molecule has 0 amide bonds. The van der Waals surface area contributed by atoms with E-state index in [-0.39, 0.29) is 16.9 Å². The summed E-state index contributed by atoms with van der Waals surface area (Å²) in [6.07, 6.45) is 6.83. The minimum absolute atomic E-state index is 0.156. The smallest absolute Gasteiger partial charge is 0.260 e. The van der Waals surface area contributed by atoms with Crippen LogP contribution in [0.1, 0.15) is 21.5 Å². The molecule has 1 heterocycles. The fraction of sp³-hybridized carbons (Fsp3) is 0.0370. The van der Waals surface area contributed by atoms with Crippen LogP contribution < -0.4 is 5.56 Å². The molecule has 3 heteroatoms. The molecule has 0 aliphatic carbocycles. The lowest BCUT2D eigenvalue weighted by Gasteiger charge is -2.12. The van der Waals surface area contributed by atoms with Gasteiger partial charge in [0.05, 0.1) is 5.56 Å². The fourth-order valence-electron chi connectivity index (χ4n) is 3.50. The Hall–Kier alpha value is -3.98. The van der Waals surface area contributed by atoms with Crippen LogP contribution >= 0.6 is 0 Å². The molecule has 0 atom stereocenters. The maximum absolute atomic E-state index is 13.1. The average molecular weight is 391 g/mol. The minimum Gasteiger partial charge on any atom is -0.321 e. The normalized spacial score (nSPS) is 11.5. The van der Waals surface area contributed by atoms with E-state index >= 15 is 0 Å². The lowest BCUT2D eigenvalue weighted by atomic mass is 9.93. The quantitative estimate of drug-likeness (QED) is 0.259. The van der Waals surface area contributed by atoms with E-state index in [9.17, 15) is 9.59 Å². The number of benzene rings is 3. The first-order valence-corrected chi connectivity index (χ1v) is 9.79. The number of fused-ring (bicyclic) bond motifs is 1. The monoisotopic (exact) mass is 391 g/mol. The molecule has 4 rings (SSSR count). The molecule has 3 nitrogen and oxygen atoms in total. The highest BCUT2D eigenvalue weighted by molar-refractivity contribution is 6.13. The van der Waals surface area contributed by atoms with Gasteiger partial charge in [0.1, 0.15) is 0 Å². The molecule has 1 N–H and O–H groups in total. The Morgan fingerprint density at radius 2 is 1.57 bits per heavy atom. The predicted molar refractivity (Wildman–Crippen MR) is 124 cm³/mol. The molecular formula is C27H21NO2. The average Bonchev–Trinajstić information content (AvgIpc) is 2.77. The highest BCUT2D eigenvalue weighted by Gasteiger charge is 2.19. The van der Waals surface area contributed by atoms with Crippen LogP contribution in [0.15, 0.2) is 102 Å². The Labute approximate surface area is 175 Å². The predicted octanol–water partition coefficient (Wildman–Crippen LogP) is 5.96. The Bertz CT molecular complexity index is 1310. The molecule has 146 valence electrons. The van der Waals surface area contributed by atoms with Gasteiger partial charge in [0.25, 0.3) is 5.56 Å². The maximum atomic E-state index is 13.1. The molecule has 0 radical (unpaired) electrons. The van der Waals surface area contributed by atoms with Gasteiger partial charge in [-0.1, -0.05) is 90.5 Å². The van der Waals surface area contributed by atoms with E-state index in [1.54, 1.807) is 12.2 Å². The summed E-state index contributed by atoms with van der Waals surface area (Å²) in [5.74, 6) is -0.323. The van der Waals surface area contributed by atoms with Gasteiger partial charge in [-0.25, -0.2) is 0 Å². The molecule has 0 saturated carbocycles. The Kier molecular flexibility index (Phi) is 5.53. The summed E-state index contributed by atoms with van der Waals surface area (Å²) in [5.41, 5.74) is 4.10. The van der Waals surface area contributed by atoms with E-state index in [1.165, 1.54) is 6.08 Å². The van der Waals surface area contributed by atoms with Gasteiger partial charge >= 0.3 is 0 Å². The zero-order valence-electron chi connectivity index (χ0n) is 16.6. The molecule has 30 heavy (non-hydrogen) atoms. The number of allylic oxidation sites excluding steroid dienone is 3. The summed E-state index contributed by atoms with van der Waals surface area (Å²) >= 11 is 0. The number of carbonyl (C=O) groups excluding carboxylic acids is 1. The van der Waals surface area contributed by atoms with Crippen LogP contribution in [0.25, 0.3) is 28.1 Å². The van der Waals surface area contributed by atoms with Crippen molar-refractivity contribution in [3.05, 3.63) is 124 Å². The van der Waals surface area contributed by atoms with Crippen molar-refractivity contribution in [2.24, 2.45) is 0 Å². The van der Waals surface area contributed by atoms with Crippen molar-refractivity contribution in [3.63, 3.8) is 0 Å². The fourth-order valence-corrected chi connectivity index (χ4v) is 3.50. The lowest BCUT2D eigenvalue weighted by molar-refractivity contribution is 0.104. The third-order valence-corrected chi connectivity index (χ3v) is 4.93. The largest absolute Gasteiger partial charge is 0.321 e. The van der Waals surface area contributed by atoms with Gasteiger partial charge < -0.3 is 4.98 Å². The topological polar surface area (TPSA) is 49.9 Å². The number of carbonyl (C=O) groups is 1. The Morgan fingerprint density at radius 1 is 0.867 bits per heavy atom. The zero-order chi connectivity index (χ0) is 20.9. The first-order valence-electron chi connectivity index (χ1n) is 9.79. The number of hydrogen-bond acceptors (Lipinski definition) is 2. The van der Waals surface area contributed by atoms with Gasteiger partial charge in [-0.05, 0) is 36.3 Å². The Balaban J connectivity index is 1.81. The first-order chi connectivity index (χ1) is 14.6. The van der Waals surface area contributed by atoms with Crippen molar-refractivity contribution in [2.75, 3.05) is 0 Å². The van der Waals surface area contributed by atoms with E-state index in [2.05, 4.69) is 4.98 Å². The van der Waals surface area contributed by atoms with E-state index in [1.807, 2.05) is 91.9 Å². The van der Waals surface area contributed by atoms with Crippen LogP contribution in [0.3, 0.4) is 0 Å². The number of H-pyrrole nitrogens is 1. The first kappa shape index (κ1) is 19.3. The molecular weight excluding hydrogens is 370 g/mol. The van der Waals surface area contributed by atoms with Crippen LogP contribution in [0.4, 0.5) is 0 Å². The number of rotatable bonds is 5. The number of ketones is 1. The summed E-state index contributed by atoms with van der Waals surface area (Å²) < 4.78 is 0.